The minimum absolute atomic E-state index is 0.460. The van der Waals surface area contributed by atoms with Crippen molar-refractivity contribution in [2.75, 3.05) is 0 Å². The Labute approximate surface area is 123 Å². The quantitative estimate of drug-likeness (QED) is 0.912. The highest BCUT2D eigenvalue weighted by Gasteiger charge is 2.09. The molecule has 3 nitrogen and oxygen atoms in total. The van der Waals surface area contributed by atoms with Gasteiger partial charge in [-0.25, -0.2) is 4.98 Å². The van der Waals surface area contributed by atoms with Crippen LogP contribution in [0.15, 0.2) is 40.6 Å². The third-order valence-electron chi connectivity index (χ3n) is 2.71. The average molecular weight is 296 g/mol. The zero-order valence-electron chi connectivity index (χ0n) is 11.4. The number of hydrogen-bond donors (Lipinski definition) is 1. The summed E-state index contributed by atoms with van der Waals surface area (Å²) in [5.74, 6) is 0. The van der Waals surface area contributed by atoms with Crippen molar-refractivity contribution in [3.05, 3.63) is 41.2 Å². The molecule has 19 heavy (non-hydrogen) atoms. The van der Waals surface area contributed by atoms with E-state index in [9.17, 15) is 0 Å². The Hall–Kier alpha value is -0.970. The molecule has 5 heteroatoms. The predicted octanol–water partition coefficient (Wildman–Crippen LogP) is 3.72. The molecule has 102 valence electrons. The first kappa shape index (κ1) is 14.4. The van der Waals surface area contributed by atoms with Crippen LogP contribution in [0.2, 0.25) is 5.02 Å². The Morgan fingerprint density at radius 3 is 2.84 bits per heavy atom. The van der Waals surface area contributed by atoms with Crippen LogP contribution in [0.5, 0.6) is 0 Å². The van der Waals surface area contributed by atoms with Gasteiger partial charge in [0.2, 0.25) is 0 Å². The van der Waals surface area contributed by atoms with Crippen LogP contribution in [-0.4, -0.2) is 15.6 Å². The summed E-state index contributed by atoms with van der Waals surface area (Å²) in [6.07, 6.45) is 3.75. The Bertz CT molecular complexity index is 551. The van der Waals surface area contributed by atoms with Crippen molar-refractivity contribution in [1.29, 1.82) is 0 Å². The fraction of sp³-hybridized carbons (Fsp3) is 0.357. The second-order valence-corrected chi connectivity index (χ2v) is 6.16. The Kier molecular flexibility index (Phi) is 4.91. The van der Waals surface area contributed by atoms with Gasteiger partial charge in [0.15, 0.2) is 5.16 Å². The van der Waals surface area contributed by atoms with Gasteiger partial charge in [0.1, 0.15) is 0 Å². The predicted molar refractivity (Wildman–Crippen MR) is 80.8 cm³/mol. The summed E-state index contributed by atoms with van der Waals surface area (Å²) in [6.45, 7) is 5.12. The van der Waals surface area contributed by atoms with E-state index in [1.165, 1.54) is 5.56 Å². The third-order valence-corrected chi connectivity index (χ3v) is 4.12. The van der Waals surface area contributed by atoms with Gasteiger partial charge in [0.25, 0.3) is 0 Å². The van der Waals surface area contributed by atoms with Crippen LogP contribution < -0.4 is 5.32 Å². The lowest BCUT2D eigenvalue weighted by molar-refractivity contribution is 0.584. The van der Waals surface area contributed by atoms with Crippen molar-refractivity contribution in [3.63, 3.8) is 0 Å². The molecule has 0 aliphatic carbocycles. The molecular formula is C14H18ClN3S. The monoisotopic (exact) mass is 295 g/mol. The van der Waals surface area contributed by atoms with Crippen LogP contribution in [-0.2, 0) is 13.6 Å². The van der Waals surface area contributed by atoms with E-state index in [4.69, 9.17) is 11.6 Å². The van der Waals surface area contributed by atoms with Gasteiger partial charge >= 0.3 is 0 Å². The van der Waals surface area contributed by atoms with Gasteiger partial charge in [0, 0.05) is 41.9 Å². The van der Waals surface area contributed by atoms with E-state index < -0.39 is 0 Å². The second kappa shape index (κ2) is 6.46. The second-order valence-electron chi connectivity index (χ2n) is 4.71. The molecule has 2 aromatic rings. The van der Waals surface area contributed by atoms with Crippen LogP contribution in [0.25, 0.3) is 0 Å². The summed E-state index contributed by atoms with van der Waals surface area (Å²) in [5, 5.41) is 5.15. The van der Waals surface area contributed by atoms with Gasteiger partial charge in [-0.2, -0.15) is 0 Å². The maximum Gasteiger partial charge on any atom is 0.172 e. The molecule has 0 aliphatic heterocycles. The number of nitrogens with zero attached hydrogens (tertiary/aromatic N) is 2. The first-order chi connectivity index (χ1) is 9.06. The van der Waals surface area contributed by atoms with E-state index in [2.05, 4.69) is 30.2 Å². The van der Waals surface area contributed by atoms with Crippen molar-refractivity contribution in [2.24, 2.45) is 7.05 Å². The molecule has 0 spiro atoms. The molecule has 0 saturated heterocycles. The highest BCUT2D eigenvalue weighted by atomic mass is 35.5. The maximum absolute atomic E-state index is 6.10. The largest absolute Gasteiger partial charge is 0.329 e. The van der Waals surface area contributed by atoms with E-state index in [-0.39, 0.29) is 0 Å². The summed E-state index contributed by atoms with van der Waals surface area (Å²) in [6, 6.07) is 6.46. The maximum atomic E-state index is 6.10. The highest BCUT2D eigenvalue weighted by Crippen LogP contribution is 2.31. The van der Waals surface area contributed by atoms with Crippen LogP contribution in [0.4, 0.5) is 0 Å². The smallest absolute Gasteiger partial charge is 0.172 e. The van der Waals surface area contributed by atoms with E-state index in [1.807, 2.05) is 29.9 Å². The molecule has 0 radical (unpaired) electrons. The fourth-order valence-electron chi connectivity index (χ4n) is 1.63. The SMILES string of the molecule is CC(C)NCc1ccc(Cl)cc1Sc1nccn1C. The van der Waals surface area contributed by atoms with Gasteiger partial charge in [-0.15, -0.1) is 0 Å². The van der Waals surface area contributed by atoms with Crippen molar-refractivity contribution in [2.45, 2.75) is 36.5 Å². The Balaban J connectivity index is 2.22. The Morgan fingerprint density at radius 2 is 2.21 bits per heavy atom. The first-order valence-corrected chi connectivity index (χ1v) is 7.42. The third kappa shape index (κ3) is 4.00. The summed E-state index contributed by atoms with van der Waals surface area (Å²) < 4.78 is 2.01. The molecular weight excluding hydrogens is 278 g/mol. The number of aryl methyl sites for hydroxylation is 1. The molecule has 0 unspecified atom stereocenters. The lowest BCUT2D eigenvalue weighted by Gasteiger charge is -2.12. The number of rotatable bonds is 5. The molecule has 0 saturated carbocycles. The molecule has 1 aromatic heterocycles. The zero-order chi connectivity index (χ0) is 13.8. The number of halogens is 1. The number of imidazole rings is 1. The lowest BCUT2D eigenvalue weighted by atomic mass is 10.2. The number of benzene rings is 1. The first-order valence-electron chi connectivity index (χ1n) is 6.23. The summed E-state index contributed by atoms with van der Waals surface area (Å²) in [5.41, 5.74) is 1.24. The van der Waals surface area contributed by atoms with Crippen molar-refractivity contribution < 1.29 is 0 Å². The topological polar surface area (TPSA) is 29.9 Å². The molecule has 0 aliphatic rings. The highest BCUT2D eigenvalue weighted by molar-refractivity contribution is 7.99. The fourth-order valence-corrected chi connectivity index (χ4v) is 2.84. The van der Waals surface area contributed by atoms with Crippen molar-refractivity contribution in [1.82, 2.24) is 14.9 Å². The van der Waals surface area contributed by atoms with Gasteiger partial charge < -0.3 is 9.88 Å². The average Bonchev–Trinajstić information content (AvgIpc) is 2.74. The van der Waals surface area contributed by atoms with Crippen LogP contribution >= 0.6 is 23.4 Å². The molecule has 0 fully saturated rings. The minimum atomic E-state index is 0.460. The normalized spacial score (nSPS) is 11.2. The van der Waals surface area contributed by atoms with Gasteiger partial charge in [-0.05, 0) is 17.7 Å². The zero-order valence-corrected chi connectivity index (χ0v) is 12.9. The van der Waals surface area contributed by atoms with Crippen LogP contribution in [0.3, 0.4) is 0 Å². The van der Waals surface area contributed by atoms with E-state index in [0.717, 1.165) is 21.6 Å². The lowest BCUT2D eigenvalue weighted by Crippen LogP contribution is -2.22. The molecule has 2 rings (SSSR count). The van der Waals surface area contributed by atoms with Crippen molar-refractivity contribution in [3.8, 4) is 0 Å². The van der Waals surface area contributed by atoms with E-state index in [1.54, 1.807) is 18.0 Å². The van der Waals surface area contributed by atoms with Gasteiger partial charge in [-0.3, -0.25) is 0 Å². The molecule has 1 N–H and O–H groups in total. The Morgan fingerprint density at radius 1 is 1.42 bits per heavy atom. The van der Waals surface area contributed by atoms with Gasteiger partial charge in [-0.1, -0.05) is 43.3 Å². The molecule has 0 atom stereocenters. The number of aromatic nitrogens is 2. The van der Waals surface area contributed by atoms with E-state index >= 15 is 0 Å². The molecule has 0 bridgehead atoms. The van der Waals surface area contributed by atoms with Gasteiger partial charge in [0.05, 0.1) is 0 Å². The van der Waals surface area contributed by atoms with Crippen LogP contribution in [0, 0.1) is 0 Å². The summed E-state index contributed by atoms with van der Waals surface area (Å²) >= 11 is 7.74. The van der Waals surface area contributed by atoms with Crippen LogP contribution in [0.1, 0.15) is 19.4 Å². The molecule has 1 aromatic carbocycles. The summed E-state index contributed by atoms with van der Waals surface area (Å²) in [7, 11) is 1.99. The number of nitrogens with one attached hydrogen (secondary N) is 1. The standard InChI is InChI=1S/C14H18ClN3S/c1-10(2)17-9-11-4-5-12(15)8-13(11)19-14-16-6-7-18(14)3/h4-8,10,17H,9H2,1-3H3. The summed E-state index contributed by atoms with van der Waals surface area (Å²) in [4.78, 5) is 5.49. The van der Waals surface area contributed by atoms with Crippen molar-refractivity contribution >= 4 is 23.4 Å². The molecule has 0 amide bonds. The van der Waals surface area contributed by atoms with E-state index in [0.29, 0.717) is 6.04 Å². The minimum Gasteiger partial charge on any atom is -0.329 e. The number of hydrogen-bond acceptors (Lipinski definition) is 3. The molecule has 1 heterocycles.